The zero-order valence-electron chi connectivity index (χ0n) is 15.5. The van der Waals surface area contributed by atoms with Crippen LogP contribution < -0.4 is 9.46 Å². The van der Waals surface area contributed by atoms with Gasteiger partial charge in [-0.25, -0.2) is 13.1 Å². The SMILES string of the molecule is CCN(Cc1ccc(OC)cc1)C(=O)c1ccc(S(=O)(=O)NC2CC2)cc1. The molecule has 0 aromatic heterocycles. The maximum absolute atomic E-state index is 12.8. The van der Waals surface area contributed by atoms with Crippen LogP contribution in [0.3, 0.4) is 0 Å². The second-order valence-corrected chi connectivity index (χ2v) is 8.30. The van der Waals surface area contributed by atoms with Crippen LogP contribution in [0.15, 0.2) is 53.4 Å². The van der Waals surface area contributed by atoms with Gasteiger partial charge in [0.25, 0.3) is 5.91 Å². The molecular weight excluding hydrogens is 364 g/mol. The van der Waals surface area contributed by atoms with Gasteiger partial charge in [0.2, 0.25) is 10.0 Å². The molecule has 0 bridgehead atoms. The molecule has 0 atom stereocenters. The van der Waals surface area contributed by atoms with Crippen molar-refractivity contribution < 1.29 is 17.9 Å². The molecule has 144 valence electrons. The zero-order valence-corrected chi connectivity index (χ0v) is 16.3. The Labute approximate surface area is 160 Å². The van der Waals surface area contributed by atoms with E-state index in [-0.39, 0.29) is 16.8 Å². The quantitative estimate of drug-likeness (QED) is 0.754. The Morgan fingerprint density at radius 2 is 1.74 bits per heavy atom. The maximum atomic E-state index is 12.8. The van der Waals surface area contributed by atoms with Gasteiger partial charge in [0.05, 0.1) is 12.0 Å². The average molecular weight is 388 g/mol. The third-order valence-corrected chi connectivity index (χ3v) is 6.05. The summed E-state index contributed by atoms with van der Waals surface area (Å²) in [6.45, 7) is 2.94. The monoisotopic (exact) mass is 388 g/mol. The number of nitrogens with zero attached hydrogens (tertiary/aromatic N) is 1. The molecule has 1 aliphatic carbocycles. The molecule has 0 spiro atoms. The van der Waals surface area contributed by atoms with Crippen molar-refractivity contribution in [2.75, 3.05) is 13.7 Å². The molecule has 0 unspecified atom stereocenters. The van der Waals surface area contributed by atoms with Crippen LogP contribution in [0.1, 0.15) is 35.7 Å². The van der Waals surface area contributed by atoms with Gasteiger partial charge in [-0.1, -0.05) is 12.1 Å². The Bertz CT molecular complexity index is 889. The highest BCUT2D eigenvalue weighted by atomic mass is 32.2. The van der Waals surface area contributed by atoms with Gasteiger partial charge in [0.15, 0.2) is 0 Å². The number of carbonyl (C=O) groups is 1. The van der Waals surface area contributed by atoms with Crippen LogP contribution in [-0.2, 0) is 16.6 Å². The number of benzene rings is 2. The first-order chi connectivity index (χ1) is 12.9. The third-order valence-electron chi connectivity index (χ3n) is 4.51. The van der Waals surface area contributed by atoms with Gasteiger partial charge in [-0.3, -0.25) is 4.79 Å². The van der Waals surface area contributed by atoms with Crippen LogP contribution in [0.2, 0.25) is 0 Å². The van der Waals surface area contributed by atoms with E-state index in [9.17, 15) is 13.2 Å². The lowest BCUT2D eigenvalue weighted by Gasteiger charge is -2.21. The predicted molar refractivity (Wildman–Crippen MR) is 103 cm³/mol. The number of carbonyl (C=O) groups excluding carboxylic acids is 1. The molecule has 2 aromatic carbocycles. The van der Waals surface area contributed by atoms with Gasteiger partial charge in [-0.2, -0.15) is 0 Å². The largest absolute Gasteiger partial charge is 0.497 e. The molecule has 1 fully saturated rings. The van der Waals surface area contributed by atoms with Crippen molar-refractivity contribution in [3.8, 4) is 5.75 Å². The van der Waals surface area contributed by atoms with Crippen LogP contribution >= 0.6 is 0 Å². The minimum Gasteiger partial charge on any atom is -0.497 e. The first-order valence-corrected chi connectivity index (χ1v) is 10.5. The van der Waals surface area contributed by atoms with Crippen molar-refractivity contribution in [2.24, 2.45) is 0 Å². The zero-order chi connectivity index (χ0) is 19.4. The summed E-state index contributed by atoms with van der Waals surface area (Å²) in [6, 6.07) is 13.7. The van der Waals surface area contributed by atoms with Gasteiger partial charge >= 0.3 is 0 Å². The molecule has 0 saturated heterocycles. The highest BCUT2D eigenvalue weighted by Gasteiger charge is 2.28. The molecule has 1 aliphatic rings. The molecule has 0 heterocycles. The second-order valence-electron chi connectivity index (χ2n) is 6.59. The fourth-order valence-electron chi connectivity index (χ4n) is 2.73. The molecular formula is C20H24N2O4S. The highest BCUT2D eigenvalue weighted by Crippen LogP contribution is 2.22. The topological polar surface area (TPSA) is 75.7 Å². The van der Waals surface area contributed by atoms with E-state index in [0.717, 1.165) is 24.2 Å². The fraction of sp³-hybridized carbons (Fsp3) is 0.350. The molecule has 2 aromatic rings. The number of sulfonamides is 1. The summed E-state index contributed by atoms with van der Waals surface area (Å²) in [4.78, 5) is 14.7. The number of ether oxygens (including phenoxy) is 1. The Hall–Kier alpha value is -2.38. The van der Waals surface area contributed by atoms with Crippen LogP contribution in [-0.4, -0.2) is 38.9 Å². The summed E-state index contributed by atoms with van der Waals surface area (Å²) >= 11 is 0. The van der Waals surface area contributed by atoms with E-state index in [1.165, 1.54) is 12.1 Å². The molecule has 6 nitrogen and oxygen atoms in total. The molecule has 1 amide bonds. The normalized spacial score (nSPS) is 14.0. The summed E-state index contributed by atoms with van der Waals surface area (Å²) in [5, 5.41) is 0. The molecule has 0 aliphatic heterocycles. The first kappa shape index (κ1) is 19.4. The molecule has 3 rings (SSSR count). The van der Waals surface area contributed by atoms with E-state index in [0.29, 0.717) is 18.7 Å². The number of hydrogen-bond donors (Lipinski definition) is 1. The van der Waals surface area contributed by atoms with Crippen LogP contribution in [0.4, 0.5) is 0 Å². The number of amides is 1. The van der Waals surface area contributed by atoms with E-state index in [4.69, 9.17) is 4.74 Å². The highest BCUT2D eigenvalue weighted by molar-refractivity contribution is 7.89. The number of methoxy groups -OCH3 is 1. The molecule has 1 saturated carbocycles. The molecule has 1 N–H and O–H groups in total. The number of rotatable bonds is 8. The first-order valence-electron chi connectivity index (χ1n) is 8.97. The summed E-state index contributed by atoms with van der Waals surface area (Å²) < 4.78 is 32.2. The average Bonchev–Trinajstić information content (AvgIpc) is 3.49. The summed E-state index contributed by atoms with van der Waals surface area (Å²) in [7, 11) is -1.90. The van der Waals surface area contributed by atoms with Gasteiger partial charge in [0.1, 0.15) is 5.75 Å². The van der Waals surface area contributed by atoms with E-state index >= 15 is 0 Å². The summed E-state index contributed by atoms with van der Waals surface area (Å²) in [5.41, 5.74) is 1.47. The smallest absolute Gasteiger partial charge is 0.254 e. The minimum atomic E-state index is -3.51. The van der Waals surface area contributed by atoms with Gasteiger partial charge in [0, 0.05) is 24.7 Å². The Morgan fingerprint density at radius 1 is 1.11 bits per heavy atom. The lowest BCUT2D eigenvalue weighted by atomic mass is 10.1. The van der Waals surface area contributed by atoms with Gasteiger partial charge in [-0.05, 0) is 61.7 Å². The Morgan fingerprint density at radius 3 is 2.26 bits per heavy atom. The van der Waals surface area contributed by atoms with Crippen molar-refractivity contribution in [1.82, 2.24) is 9.62 Å². The molecule has 0 radical (unpaired) electrons. The Balaban J connectivity index is 1.70. The van der Waals surface area contributed by atoms with Gasteiger partial charge in [-0.15, -0.1) is 0 Å². The lowest BCUT2D eigenvalue weighted by molar-refractivity contribution is 0.0752. The minimum absolute atomic E-state index is 0.0522. The van der Waals surface area contributed by atoms with Crippen molar-refractivity contribution in [2.45, 2.75) is 37.2 Å². The summed E-state index contributed by atoms with van der Waals surface area (Å²) in [6.07, 6.45) is 1.76. The van der Waals surface area contributed by atoms with Crippen molar-refractivity contribution in [3.63, 3.8) is 0 Å². The van der Waals surface area contributed by atoms with E-state index in [1.54, 1.807) is 24.1 Å². The third kappa shape index (κ3) is 4.87. The standard InChI is InChI=1S/C20H24N2O4S/c1-3-22(14-15-4-10-18(26-2)11-5-15)20(23)16-6-12-19(13-7-16)27(24,25)21-17-8-9-17/h4-7,10-13,17,21H,3,8-9,14H2,1-2H3. The number of hydrogen-bond acceptors (Lipinski definition) is 4. The van der Waals surface area contributed by atoms with E-state index < -0.39 is 10.0 Å². The Kier molecular flexibility index (Phi) is 5.82. The van der Waals surface area contributed by atoms with Crippen molar-refractivity contribution in [3.05, 3.63) is 59.7 Å². The van der Waals surface area contributed by atoms with E-state index in [1.807, 2.05) is 31.2 Å². The van der Waals surface area contributed by atoms with Gasteiger partial charge < -0.3 is 9.64 Å². The predicted octanol–water partition coefficient (Wildman–Crippen LogP) is 2.80. The maximum Gasteiger partial charge on any atom is 0.254 e. The lowest BCUT2D eigenvalue weighted by Crippen LogP contribution is -2.30. The molecule has 7 heteroatoms. The van der Waals surface area contributed by atoms with E-state index in [2.05, 4.69) is 4.72 Å². The van der Waals surface area contributed by atoms with Crippen LogP contribution in [0.25, 0.3) is 0 Å². The number of nitrogens with one attached hydrogen (secondary N) is 1. The van der Waals surface area contributed by atoms with Crippen molar-refractivity contribution in [1.29, 1.82) is 0 Å². The van der Waals surface area contributed by atoms with Crippen LogP contribution in [0.5, 0.6) is 5.75 Å². The second kappa shape index (κ2) is 8.10. The van der Waals surface area contributed by atoms with Crippen molar-refractivity contribution >= 4 is 15.9 Å². The fourth-order valence-corrected chi connectivity index (χ4v) is 4.03. The van der Waals surface area contributed by atoms with Crippen LogP contribution in [0, 0.1) is 0 Å². The summed E-state index contributed by atoms with van der Waals surface area (Å²) in [5.74, 6) is 0.636. The molecule has 27 heavy (non-hydrogen) atoms.